The Balaban J connectivity index is 1.31. The molecule has 1 unspecified atom stereocenters. The van der Waals surface area contributed by atoms with Crippen LogP contribution >= 0.6 is 0 Å². The lowest BCUT2D eigenvalue weighted by atomic mass is 9.97. The van der Waals surface area contributed by atoms with E-state index in [2.05, 4.69) is 4.98 Å². The third-order valence-corrected chi connectivity index (χ3v) is 7.68. The van der Waals surface area contributed by atoms with E-state index < -0.39 is 41.8 Å². The lowest BCUT2D eigenvalue weighted by molar-refractivity contribution is -0.287. The molecular weight excluding hydrogens is 542 g/mol. The number of primary amides is 1. The van der Waals surface area contributed by atoms with Gasteiger partial charge in [-0.25, -0.2) is 4.39 Å². The van der Waals surface area contributed by atoms with Crippen molar-refractivity contribution in [1.29, 1.82) is 0 Å². The minimum atomic E-state index is -5.57. The number of nitrogens with zero attached hydrogens (tertiary/aromatic N) is 3. The molecule has 0 aliphatic carbocycles. The molecule has 40 heavy (non-hydrogen) atoms. The van der Waals surface area contributed by atoms with Gasteiger partial charge in [-0.15, -0.1) is 0 Å². The number of benzene rings is 1. The van der Waals surface area contributed by atoms with Gasteiger partial charge in [0.15, 0.2) is 0 Å². The maximum absolute atomic E-state index is 15.0. The molecular formula is C27H30F6N4O3. The van der Waals surface area contributed by atoms with Crippen LogP contribution in [0, 0.1) is 11.7 Å². The molecule has 0 spiro atoms. The maximum Gasteiger partial charge on any atom is 0.454 e. The minimum Gasteiger partial charge on any atom is -0.492 e. The van der Waals surface area contributed by atoms with Crippen molar-refractivity contribution in [3.63, 3.8) is 0 Å². The molecule has 4 rings (SSSR count). The van der Waals surface area contributed by atoms with Crippen molar-refractivity contribution in [2.24, 2.45) is 11.7 Å². The molecule has 1 aromatic heterocycles. The van der Waals surface area contributed by atoms with Gasteiger partial charge in [0.1, 0.15) is 17.1 Å². The van der Waals surface area contributed by atoms with Crippen molar-refractivity contribution < 1.29 is 40.7 Å². The first-order valence-corrected chi connectivity index (χ1v) is 12.9. The van der Waals surface area contributed by atoms with E-state index >= 15 is 0 Å². The van der Waals surface area contributed by atoms with Gasteiger partial charge in [0.2, 0.25) is 5.91 Å². The first-order valence-electron chi connectivity index (χ1n) is 12.9. The summed E-state index contributed by atoms with van der Waals surface area (Å²) in [5, 5.41) is 0. The number of likely N-dealkylation sites (tertiary alicyclic amines) is 2. The van der Waals surface area contributed by atoms with Gasteiger partial charge in [-0.3, -0.25) is 19.5 Å². The summed E-state index contributed by atoms with van der Waals surface area (Å²) < 4.78 is 84.6. The zero-order chi connectivity index (χ0) is 29.3. The summed E-state index contributed by atoms with van der Waals surface area (Å²) in [4.78, 5) is 31.6. The SMILES string of the molecule is CC1(C(N)=O)CCCN1C(=O)c1ccc(-c2ccc(OCC3CCN(CC(F)(F)C(F)(F)F)CC3)cn2)c(F)c1. The molecule has 0 saturated carbocycles. The van der Waals surface area contributed by atoms with Gasteiger partial charge >= 0.3 is 12.1 Å². The highest BCUT2D eigenvalue weighted by Crippen LogP contribution is 2.37. The summed E-state index contributed by atoms with van der Waals surface area (Å²) in [6, 6.07) is 7.12. The second-order valence-electron chi connectivity index (χ2n) is 10.5. The highest BCUT2D eigenvalue weighted by atomic mass is 19.4. The number of carbonyl (C=O) groups excluding carboxylic acids is 2. The zero-order valence-corrected chi connectivity index (χ0v) is 21.8. The molecule has 0 bridgehead atoms. The number of aromatic nitrogens is 1. The Morgan fingerprint density at radius 1 is 1.10 bits per heavy atom. The van der Waals surface area contributed by atoms with E-state index in [9.17, 15) is 35.9 Å². The number of nitrogens with two attached hydrogens (primary N) is 1. The Labute approximate surface area is 227 Å². The first-order chi connectivity index (χ1) is 18.7. The third-order valence-electron chi connectivity index (χ3n) is 7.68. The van der Waals surface area contributed by atoms with Crippen LogP contribution in [0.25, 0.3) is 11.3 Å². The second-order valence-corrected chi connectivity index (χ2v) is 10.5. The smallest absolute Gasteiger partial charge is 0.454 e. The van der Waals surface area contributed by atoms with E-state index in [1.54, 1.807) is 19.1 Å². The minimum absolute atomic E-state index is 0.0232. The third kappa shape index (κ3) is 6.18. The van der Waals surface area contributed by atoms with Crippen LogP contribution in [0.15, 0.2) is 36.5 Å². The van der Waals surface area contributed by atoms with Gasteiger partial charge in [0.05, 0.1) is 25.0 Å². The molecule has 2 aromatic rings. The van der Waals surface area contributed by atoms with Crippen LogP contribution in [-0.2, 0) is 4.79 Å². The van der Waals surface area contributed by atoms with E-state index in [4.69, 9.17) is 10.5 Å². The Hall–Kier alpha value is -3.35. The monoisotopic (exact) mass is 572 g/mol. The quantitative estimate of drug-likeness (QED) is 0.465. The van der Waals surface area contributed by atoms with Crippen molar-refractivity contribution in [2.45, 2.75) is 50.2 Å². The van der Waals surface area contributed by atoms with E-state index in [-0.39, 0.29) is 36.7 Å². The lowest BCUT2D eigenvalue weighted by Crippen LogP contribution is -2.53. The second kappa shape index (κ2) is 11.3. The standard InChI is InChI=1S/C27H30F6N4O3/c1-25(24(34)39)9-2-10-37(25)23(38)18-3-5-20(21(28)13-18)22-6-4-19(14-35-22)40-15-17-7-11-36(12-8-17)16-26(29,30)27(31,32)33/h3-6,13-14,17H,2,7-12,15-16H2,1H3,(H2,34,39). The molecule has 2 fully saturated rings. The fraction of sp³-hybridized carbons (Fsp3) is 0.519. The number of halogens is 6. The largest absolute Gasteiger partial charge is 0.492 e. The molecule has 218 valence electrons. The van der Waals surface area contributed by atoms with Crippen molar-refractivity contribution in [1.82, 2.24) is 14.8 Å². The van der Waals surface area contributed by atoms with Gasteiger partial charge in [-0.05, 0) is 81.9 Å². The van der Waals surface area contributed by atoms with Gasteiger partial charge in [-0.2, -0.15) is 22.0 Å². The summed E-state index contributed by atoms with van der Waals surface area (Å²) in [7, 11) is 0. The van der Waals surface area contributed by atoms with Crippen molar-refractivity contribution in [2.75, 3.05) is 32.8 Å². The summed E-state index contributed by atoms with van der Waals surface area (Å²) in [5.41, 5.74) is 4.92. The Morgan fingerprint density at radius 3 is 2.38 bits per heavy atom. The molecule has 2 N–H and O–H groups in total. The van der Waals surface area contributed by atoms with Crippen LogP contribution in [0.5, 0.6) is 5.75 Å². The molecule has 1 aromatic carbocycles. The van der Waals surface area contributed by atoms with Gasteiger partial charge in [-0.1, -0.05) is 0 Å². The number of ether oxygens (including phenoxy) is 1. The molecule has 2 saturated heterocycles. The van der Waals surface area contributed by atoms with Gasteiger partial charge in [0.25, 0.3) is 5.91 Å². The highest BCUT2D eigenvalue weighted by Gasteiger charge is 2.58. The van der Waals surface area contributed by atoms with Crippen LogP contribution in [-0.4, -0.2) is 77.0 Å². The van der Waals surface area contributed by atoms with E-state index in [1.807, 2.05) is 0 Å². The number of amides is 2. The molecule has 2 amide bonds. The number of carbonyl (C=O) groups is 2. The summed E-state index contributed by atoms with van der Waals surface area (Å²) in [6.07, 6.45) is -2.31. The molecule has 2 aliphatic heterocycles. The topological polar surface area (TPSA) is 88.8 Å². The van der Waals surface area contributed by atoms with Crippen LogP contribution < -0.4 is 10.5 Å². The Bertz CT molecular complexity index is 1230. The number of pyridine rings is 1. The van der Waals surface area contributed by atoms with Crippen LogP contribution in [0.4, 0.5) is 26.3 Å². The van der Waals surface area contributed by atoms with Gasteiger partial charge < -0.3 is 15.4 Å². The van der Waals surface area contributed by atoms with Crippen LogP contribution in [0.2, 0.25) is 0 Å². The number of hydrogen-bond acceptors (Lipinski definition) is 5. The van der Waals surface area contributed by atoms with Crippen molar-refractivity contribution in [3.8, 4) is 17.0 Å². The predicted molar refractivity (Wildman–Crippen MR) is 133 cm³/mol. The Kier molecular flexibility index (Phi) is 8.34. The van der Waals surface area contributed by atoms with Crippen molar-refractivity contribution in [3.05, 3.63) is 47.9 Å². The lowest BCUT2D eigenvalue weighted by Gasteiger charge is -2.34. The van der Waals surface area contributed by atoms with E-state index in [0.717, 1.165) is 11.0 Å². The highest BCUT2D eigenvalue weighted by molar-refractivity contribution is 5.99. The van der Waals surface area contributed by atoms with Crippen molar-refractivity contribution >= 4 is 11.8 Å². The molecule has 0 radical (unpaired) electrons. The normalized spacial score (nSPS) is 21.0. The van der Waals surface area contributed by atoms with Crippen LogP contribution in [0.3, 0.4) is 0 Å². The average Bonchev–Trinajstić information content (AvgIpc) is 3.30. The molecule has 3 heterocycles. The summed E-state index contributed by atoms with van der Waals surface area (Å²) >= 11 is 0. The Morgan fingerprint density at radius 2 is 1.80 bits per heavy atom. The van der Waals surface area contributed by atoms with Gasteiger partial charge in [0, 0.05) is 17.7 Å². The molecule has 13 heteroatoms. The summed E-state index contributed by atoms with van der Waals surface area (Å²) in [5.74, 6) is -6.15. The number of piperidine rings is 1. The fourth-order valence-electron chi connectivity index (χ4n) is 5.08. The van der Waals surface area contributed by atoms with Crippen LogP contribution in [0.1, 0.15) is 43.0 Å². The molecule has 7 nitrogen and oxygen atoms in total. The number of hydrogen-bond donors (Lipinski definition) is 1. The zero-order valence-electron chi connectivity index (χ0n) is 21.8. The predicted octanol–water partition coefficient (Wildman–Crippen LogP) is 4.66. The average molecular weight is 573 g/mol. The first kappa shape index (κ1) is 29.6. The number of rotatable bonds is 8. The van der Waals surface area contributed by atoms with E-state index in [1.165, 1.54) is 23.2 Å². The number of alkyl halides is 5. The molecule has 1 atom stereocenters. The fourth-order valence-corrected chi connectivity index (χ4v) is 5.08. The van der Waals surface area contributed by atoms with E-state index in [0.29, 0.717) is 43.7 Å². The molecule has 2 aliphatic rings. The summed E-state index contributed by atoms with van der Waals surface area (Å²) in [6.45, 7) is 1.03. The maximum atomic E-state index is 15.0.